The fourth-order valence-electron chi connectivity index (χ4n) is 2.13. The highest BCUT2D eigenvalue weighted by Gasteiger charge is 2.10. The molecule has 5 heteroatoms. The third-order valence-corrected chi connectivity index (χ3v) is 3.57. The molecule has 0 aromatic carbocycles. The first-order valence-corrected chi connectivity index (χ1v) is 7.51. The molecule has 0 spiro atoms. The van der Waals surface area contributed by atoms with Gasteiger partial charge in [-0.25, -0.2) is 4.98 Å². The molecule has 0 aliphatic rings. The summed E-state index contributed by atoms with van der Waals surface area (Å²) >= 11 is 3.40. The van der Waals surface area contributed by atoms with Crippen molar-refractivity contribution in [2.24, 2.45) is 0 Å². The molecule has 0 aliphatic heterocycles. The monoisotopic (exact) mass is 343 g/mol. The van der Waals surface area contributed by atoms with Crippen LogP contribution in [0.5, 0.6) is 11.5 Å². The van der Waals surface area contributed by atoms with Gasteiger partial charge in [0.2, 0.25) is 0 Å². The van der Waals surface area contributed by atoms with Crippen molar-refractivity contribution < 1.29 is 4.74 Å². The average Bonchev–Trinajstić information content (AvgIpc) is 2.49. The second-order valence-electron chi connectivity index (χ2n) is 4.68. The first kappa shape index (κ1) is 13.9. The zero-order chi connectivity index (χ0) is 14.8. The molecule has 0 bridgehead atoms. The molecule has 0 amide bonds. The van der Waals surface area contributed by atoms with Crippen molar-refractivity contribution in [2.75, 3.05) is 0 Å². The first-order valence-electron chi connectivity index (χ1n) is 6.72. The number of aryl methyl sites for hydroxylation is 2. The number of hydrogen-bond donors (Lipinski definition) is 0. The Kier molecular flexibility index (Phi) is 3.84. The SMILES string of the molecule is CCc1nc(C)ccc1Oc1ccnc2cc(Br)cnc12. The van der Waals surface area contributed by atoms with E-state index in [0.717, 1.165) is 39.1 Å². The van der Waals surface area contributed by atoms with Crippen molar-refractivity contribution in [3.8, 4) is 11.5 Å². The third kappa shape index (κ3) is 2.88. The van der Waals surface area contributed by atoms with E-state index in [-0.39, 0.29) is 0 Å². The van der Waals surface area contributed by atoms with Crippen LogP contribution in [-0.2, 0) is 6.42 Å². The molecule has 0 saturated carbocycles. The number of rotatable bonds is 3. The van der Waals surface area contributed by atoms with Gasteiger partial charge in [0.05, 0.1) is 11.2 Å². The molecule has 106 valence electrons. The fourth-order valence-corrected chi connectivity index (χ4v) is 2.45. The molecular weight excluding hydrogens is 330 g/mol. The predicted molar refractivity (Wildman–Crippen MR) is 85.7 cm³/mol. The van der Waals surface area contributed by atoms with Crippen LogP contribution in [0.3, 0.4) is 0 Å². The second-order valence-corrected chi connectivity index (χ2v) is 5.60. The molecule has 0 N–H and O–H groups in total. The molecule has 3 rings (SSSR count). The Balaban J connectivity index is 2.06. The molecule has 3 heterocycles. The normalized spacial score (nSPS) is 10.8. The molecule has 0 unspecified atom stereocenters. The maximum atomic E-state index is 6.03. The summed E-state index contributed by atoms with van der Waals surface area (Å²) in [5.41, 5.74) is 3.46. The Morgan fingerprint density at radius 2 is 2.00 bits per heavy atom. The van der Waals surface area contributed by atoms with E-state index in [1.165, 1.54) is 0 Å². The quantitative estimate of drug-likeness (QED) is 0.704. The minimum atomic E-state index is 0.688. The largest absolute Gasteiger partial charge is 0.453 e. The second kappa shape index (κ2) is 5.77. The maximum absolute atomic E-state index is 6.03. The van der Waals surface area contributed by atoms with Crippen LogP contribution in [0.2, 0.25) is 0 Å². The Bertz CT molecular complexity index is 805. The topological polar surface area (TPSA) is 47.9 Å². The lowest BCUT2D eigenvalue weighted by atomic mass is 10.2. The summed E-state index contributed by atoms with van der Waals surface area (Å²) in [7, 11) is 0. The van der Waals surface area contributed by atoms with Crippen LogP contribution in [0.25, 0.3) is 11.0 Å². The number of halogens is 1. The van der Waals surface area contributed by atoms with Gasteiger partial charge in [-0.3, -0.25) is 9.97 Å². The highest BCUT2D eigenvalue weighted by atomic mass is 79.9. The van der Waals surface area contributed by atoms with Gasteiger partial charge in [-0.05, 0) is 47.5 Å². The van der Waals surface area contributed by atoms with Crippen molar-refractivity contribution in [3.63, 3.8) is 0 Å². The Hall–Kier alpha value is -2.01. The van der Waals surface area contributed by atoms with Gasteiger partial charge >= 0.3 is 0 Å². The zero-order valence-corrected chi connectivity index (χ0v) is 13.4. The highest BCUT2D eigenvalue weighted by Crippen LogP contribution is 2.30. The highest BCUT2D eigenvalue weighted by molar-refractivity contribution is 9.10. The van der Waals surface area contributed by atoms with E-state index in [4.69, 9.17) is 4.74 Å². The van der Waals surface area contributed by atoms with Crippen LogP contribution >= 0.6 is 15.9 Å². The van der Waals surface area contributed by atoms with Crippen LogP contribution in [-0.4, -0.2) is 15.0 Å². The Morgan fingerprint density at radius 1 is 1.14 bits per heavy atom. The maximum Gasteiger partial charge on any atom is 0.156 e. The molecule has 0 aliphatic carbocycles. The molecule has 21 heavy (non-hydrogen) atoms. The summed E-state index contributed by atoms with van der Waals surface area (Å²) in [5.74, 6) is 1.45. The molecule has 4 nitrogen and oxygen atoms in total. The number of fused-ring (bicyclic) bond motifs is 1. The Labute approximate surface area is 131 Å². The summed E-state index contributed by atoms with van der Waals surface area (Å²) in [5, 5.41) is 0. The third-order valence-electron chi connectivity index (χ3n) is 3.13. The minimum absolute atomic E-state index is 0.688. The van der Waals surface area contributed by atoms with Crippen molar-refractivity contribution in [3.05, 3.63) is 52.5 Å². The summed E-state index contributed by atoms with van der Waals surface area (Å²) < 4.78 is 6.92. The lowest BCUT2D eigenvalue weighted by Gasteiger charge is -2.11. The minimum Gasteiger partial charge on any atom is -0.453 e. The Morgan fingerprint density at radius 3 is 2.81 bits per heavy atom. The smallest absolute Gasteiger partial charge is 0.156 e. The van der Waals surface area contributed by atoms with E-state index < -0.39 is 0 Å². The standard InChI is InChI=1S/C16H14BrN3O/c1-3-12-14(5-4-10(2)20-12)21-15-6-7-18-13-8-11(17)9-19-16(13)15/h4-9H,3H2,1-2H3. The van der Waals surface area contributed by atoms with Crippen LogP contribution < -0.4 is 4.74 Å². The molecular formula is C16H14BrN3O. The van der Waals surface area contributed by atoms with E-state index in [0.29, 0.717) is 5.75 Å². The molecule has 0 radical (unpaired) electrons. The number of nitrogens with zero attached hydrogens (tertiary/aromatic N) is 3. The van der Waals surface area contributed by atoms with Gasteiger partial charge in [0.15, 0.2) is 5.75 Å². The van der Waals surface area contributed by atoms with Gasteiger partial charge in [0.1, 0.15) is 11.3 Å². The predicted octanol–water partition coefficient (Wildman–Crippen LogP) is 4.45. The van der Waals surface area contributed by atoms with Crippen LogP contribution in [0.15, 0.2) is 41.1 Å². The van der Waals surface area contributed by atoms with E-state index in [1.54, 1.807) is 12.4 Å². The number of ether oxygens (including phenoxy) is 1. The molecule has 0 atom stereocenters. The van der Waals surface area contributed by atoms with Gasteiger partial charge in [0.25, 0.3) is 0 Å². The molecule has 3 aromatic rings. The van der Waals surface area contributed by atoms with Gasteiger partial charge in [-0.2, -0.15) is 0 Å². The summed E-state index contributed by atoms with van der Waals surface area (Å²) in [4.78, 5) is 13.2. The van der Waals surface area contributed by atoms with Crippen molar-refractivity contribution in [1.82, 2.24) is 15.0 Å². The van der Waals surface area contributed by atoms with E-state index in [9.17, 15) is 0 Å². The first-order chi connectivity index (χ1) is 10.2. The zero-order valence-electron chi connectivity index (χ0n) is 11.8. The number of pyridine rings is 3. The van der Waals surface area contributed by atoms with Crippen LogP contribution in [0.4, 0.5) is 0 Å². The number of hydrogen-bond acceptors (Lipinski definition) is 4. The summed E-state index contributed by atoms with van der Waals surface area (Å²) in [6, 6.07) is 7.64. The van der Waals surface area contributed by atoms with Crippen LogP contribution in [0, 0.1) is 6.92 Å². The number of aromatic nitrogens is 3. The van der Waals surface area contributed by atoms with Gasteiger partial charge in [0, 0.05) is 28.6 Å². The molecule has 3 aromatic heterocycles. The van der Waals surface area contributed by atoms with Crippen molar-refractivity contribution in [2.45, 2.75) is 20.3 Å². The van der Waals surface area contributed by atoms with E-state index >= 15 is 0 Å². The average molecular weight is 344 g/mol. The lowest BCUT2D eigenvalue weighted by molar-refractivity contribution is 0.476. The molecule has 0 fully saturated rings. The van der Waals surface area contributed by atoms with E-state index in [1.807, 2.05) is 31.2 Å². The van der Waals surface area contributed by atoms with Crippen molar-refractivity contribution in [1.29, 1.82) is 0 Å². The van der Waals surface area contributed by atoms with Crippen LogP contribution in [0.1, 0.15) is 18.3 Å². The van der Waals surface area contributed by atoms with Gasteiger partial charge in [-0.15, -0.1) is 0 Å². The summed E-state index contributed by atoms with van der Waals surface area (Å²) in [6.45, 7) is 4.04. The van der Waals surface area contributed by atoms with Gasteiger partial charge < -0.3 is 4.74 Å². The summed E-state index contributed by atoms with van der Waals surface area (Å²) in [6.07, 6.45) is 4.28. The molecule has 0 saturated heterocycles. The van der Waals surface area contributed by atoms with Crippen molar-refractivity contribution >= 4 is 27.0 Å². The van der Waals surface area contributed by atoms with E-state index in [2.05, 4.69) is 37.8 Å². The fraction of sp³-hybridized carbons (Fsp3) is 0.188. The lowest BCUT2D eigenvalue weighted by Crippen LogP contribution is -1.97. The van der Waals surface area contributed by atoms with Gasteiger partial charge in [-0.1, -0.05) is 6.92 Å².